The Kier molecular flexibility index (Phi) is 4.30. The van der Waals surface area contributed by atoms with Gasteiger partial charge >= 0.3 is 0 Å². The van der Waals surface area contributed by atoms with Crippen LogP contribution in [-0.2, 0) is 6.42 Å². The van der Waals surface area contributed by atoms with Crippen LogP contribution < -0.4 is 5.32 Å². The van der Waals surface area contributed by atoms with Gasteiger partial charge < -0.3 is 5.32 Å². The Balaban J connectivity index is 1.98. The van der Waals surface area contributed by atoms with Crippen molar-refractivity contribution in [3.63, 3.8) is 0 Å². The molecule has 0 aromatic heterocycles. The number of thioether (sulfide) groups is 1. The van der Waals surface area contributed by atoms with Crippen molar-refractivity contribution in [2.75, 3.05) is 12.3 Å². The molecule has 88 valence electrons. The lowest BCUT2D eigenvalue weighted by atomic mass is 10.0. The van der Waals surface area contributed by atoms with Crippen LogP contribution in [0.3, 0.4) is 0 Å². The zero-order valence-corrected chi connectivity index (χ0v) is 11.0. The molecule has 0 saturated carbocycles. The van der Waals surface area contributed by atoms with E-state index in [2.05, 4.69) is 55.2 Å². The smallest absolute Gasteiger partial charge is 0.0412 e. The molecule has 1 aliphatic rings. The molecule has 1 aliphatic heterocycles. The fourth-order valence-electron chi connectivity index (χ4n) is 2.11. The average Bonchev–Trinajstić information content (AvgIpc) is 2.32. The van der Waals surface area contributed by atoms with Gasteiger partial charge in [0.05, 0.1) is 0 Å². The molecule has 0 amide bonds. The fourth-order valence-corrected chi connectivity index (χ4v) is 3.15. The van der Waals surface area contributed by atoms with E-state index in [4.69, 9.17) is 0 Å². The molecule has 1 fully saturated rings. The van der Waals surface area contributed by atoms with Crippen molar-refractivity contribution in [1.29, 1.82) is 0 Å². The number of benzene rings is 1. The van der Waals surface area contributed by atoms with Crippen LogP contribution in [0.15, 0.2) is 24.3 Å². The van der Waals surface area contributed by atoms with Gasteiger partial charge in [0.25, 0.3) is 0 Å². The Morgan fingerprint density at radius 1 is 1.31 bits per heavy atom. The number of hydrogen-bond donors (Lipinski definition) is 1. The maximum atomic E-state index is 3.62. The van der Waals surface area contributed by atoms with Crippen molar-refractivity contribution < 1.29 is 0 Å². The first-order valence-electron chi connectivity index (χ1n) is 6.23. The van der Waals surface area contributed by atoms with Crippen LogP contribution in [0.4, 0.5) is 0 Å². The van der Waals surface area contributed by atoms with Crippen LogP contribution >= 0.6 is 11.8 Å². The number of rotatable bonds is 3. The summed E-state index contributed by atoms with van der Waals surface area (Å²) in [4.78, 5) is 0. The van der Waals surface area contributed by atoms with Gasteiger partial charge in [-0.25, -0.2) is 0 Å². The summed E-state index contributed by atoms with van der Waals surface area (Å²) in [6.07, 6.45) is 2.43. The first kappa shape index (κ1) is 12.0. The third kappa shape index (κ3) is 3.02. The molecule has 1 nitrogen and oxygen atoms in total. The average molecular weight is 235 g/mol. The van der Waals surface area contributed by atoms with Gasteiger partial charge in [0.2, 0.25) is 0 Å². The summed E-state index contributed by atoms with van der Waals surface area (Å²) in [5.41, 5.74) is 2.90. The Hall–Kier alpha value is -0.470. The number of nitrogens with one attached hydrogen (secondary N) is 1. The Labute approximate surface area is 103 Å². The molecular formula is C14H21NS. The monoisotopic (exact) mass is 235 g/mol. The van der Waals surface area contributed by atoms with Gasteiger partial charge in [0.1, 0.15) is 0 Å². The van der Waals surface area contributed by atoms with E-state index in [1.807, 2.05) is 0 Å². The van der Waals surface area contributed by atoms with Crippen molar-refractivity contribution in [1.82, 2.24) is 5.32 Å². The minimum absolute atomic E-state index is 0.553. The van der Waals surface area contributed by atoms with E-state index in [1.54, 1.807) is 0 Å². The summed E-state index contributed by atoms with van der Waals surface area (Å²) in [5, 5.41) is 4.38. The minimum atomic E-state index is 0.553. The third-order valence-corrected chi connectivity index (χ3v) is 4.38. The highest BCUT2D eigenvalue weighted by Crippen LogP contribution is 2.26. The first-order valence-corrected chi connectivity index (χ1v) is 7.28. The second-order valence-electron chi connectivity index (χ2n) is 4.60. The van der Waals surface area contributed by atoms with Gasteiger partial charge in [-0.05, 0) is 17.5 Å². The predicted molar refractivity (Wildman–Crippen MR) is 73.1 cm³/mol. The standard InChI is InChI=1S/C14H21NS/c1-3-4-12-5-7-13(8-6-12)14-10-16-11(2)9-15-14/h5-8,11,14-15H,3-4,9-10H2,1-2H3. The Morgan fingerprint density at radius 3 is 2.62 bits per heavy atom. The summed E-state index contributed by atoms with van der Waals surface area (Å²) in [6.45, 7) is 5.65. The van der Waals surface area contributed by atoms with E-state index in [9.17, 15) is 0 Å². The molecule has 2 atom stereocenters. The molecule has 1 heterocycles. The molecule has 0 radical (unpaired) electrons. The summed E-state index contributed by atoms with van der Waals surface area (Å²) in [7, 11) is 0. The largest absolute Gasteiger partial charge is 0.308 e. The molecular weight excluding hydrogens is 214 g/mol. The molecule has 16 heavy (non-hydrogen) atoms. The van der Waals surface area contributed by atoms with Gasteiger partial charge in [0, 0.05) is 23.6 Å². The fraction of sp³-hybridized carbons (Fsp3) is 0.571. The number of aryl methyl sites for hydroxylation is 1. The molecule has 0 bridgehead atoms. The zero-order valence-electron chi connectivity index (χ0n) is 10.2. The van der Waals surface area contributed by atoms with E-state index in [0.717, 1.165) is 11.8 Å². The van der Waals surface area contributed by atoms with Crippen LogP contribution in [0, 0.1) is 0 Å². The summed E-state index contributed by atoms with van der Waals surface area (Å²) in [6, 6.07) is 9.70. The van der Waals surface area contributed by atoms with Crippen LogP contribution in [0.5, 0.6) is 0 Å². The molecule has 1 aromatic rings. The Bertz CT molecular complexity index is 312. The molecule has 2 rings (SSSR count). The van der Waals surface area contributed by atoms with E-state index in [-0.39, 0.29) is 0 Å². The van der Waals surface area contributed by atoms with E-state index in [1.165, 1.54) is 29.7 Å². The van der Waals surface area contributed by atoms with Crippen molar-refractivity contribution in [3.8, 4) is 0 Å². The molecule has 1 saturated heterocycles. The van der Waals surface area contributed by atoms with E-state index < -0.39 is 0 Å². The second kappa shape index (κ2) is 5.74. The summed E-state index contributed by atoms with van der Waals surface area (Å²) in [5.74, 6) is 1.20. The SMILES string of the molecule is CCCc1ccc(C2CSC(C)CN2)cc1. The maximum Gasteiger partial charge on any atom is 0.0412 e. The first-order chi connectivity index (χ1) is 7.79. The second-order valence-corrected chi connectivity index (χ2v) is 6.07. The van der Waals surface area contributed by atoms with Crippen LogP contribution in [0.1, 0.15) is 37.4 Å². The minimum Gasteiger partial charge on any atom is -0.308 e. The molecule has 0 spiro atoms. The highest BCUT2D eigenvalue weighted by molar-refractivity contribution is 8.00. The lowest BCUT2D eigenvalue weighted by Crippen LogP contribution is -2.34. The predicted octanol–water partition coefficient (Wildman–Crippen LogP) is 3.41. The van der Waals surface area contributed by atoms with Crippen molar-refractivity contribution in [2.45, 2.75) is 38.0 Å². The van der Waals surface area contributed by atoms with Gasteiger partial charge in [-0.15, -0.1) is 0 Å². The maximum absolute atomic E-state index is 3.62. The molecule has 2 heteroatoms. The summed E-state index contributed by atoms with van der Waals surface area (Å²) >= 11 is 2.07. The highest BCUT2D eigenvalue weighted by Gasteiger charge is 2.18. The van der Waals surface area contributed by atoms with Crippen molar-refractivity contribution >= 4 is 11.8 Å². The van der Waals surface area contributed by atoms with Gasteiger partial charge in [-0.1, -0.05) is 44.5 Å². The molecule has 1 aromatic carbocycles. The van der Waals surface area contributed by atoms with Gasteiger partial charge in [-0.2, -0.15) is 11.8 Å². The zero-order chi connectivity index (χ0) is 11.4. The molecule has 0 aliphatic carbocycles. The number of hydrogen-bond acceptors (Lipinski definition) is 2. The topological polar surface area (TPSA) is 12.0 Å². The van der Waals surface area contributed by atoms with E-state index >= 15 is 0 Å². The highest BCUT2D eigenvalue weighted by atomic mass is 32.2. The van der Waals surface area contributed by atoms with Crippen LogP contribution in [0.2, 0.25) is 0 Å². The van der Waals surface area contributed by atoms with Crippen LogP contribution in [-0.4, -0.2) is 17.5 Å². The van der Waals surface area contributed by atoms with Crippen molar-refractivity contribution in [3.05, 3.63) is 35.4 Å². The lowest BCUT2D eigenvalue weighted by Gasteiger charge is -2.27. The third-order valence-electron chi connectivity index (χ3n) is 3.12. The molecule has 2 unspecified atom stereocenters. The van der Waals surface area contributed by atoms with Gasteiger partial charge in [-0.3, -0.25) is 0 Å². The normalized spacial score (nSPS) is 25.6. The van der Waals surface area contributed by atoms with E-state index in [0.29, 0.717) is 6.04 Å². The van der Waals surface area contributed by atoms with Crippen molar-refractivity contribution in [2.24, 2.45) is 0 Å². The van der Waals surface area contributed by atoms with Crippen LogP contribution in [0.25, 0.3) is 0 Å². The quantitative estimate of drug-likeness (QED) is 0.861. The lowest BCUT2D eigenvalue weighted by molar-refractivity contribution is 0.563. The Morgan fingerprint density at radius 2 is 2.06 bits per heavy atom. The molecule has 1 N–H and O–H groups in total. The van der Waals surface area contributed by atoms with Gasteiger partial charge in [0.15, 0.2) is 0 Å². The summed E-state index contributed by atoms with van der Waals surface area (Å²) < 4.78 is 0.